The Morgan fingerprint density at radius 3 is 2.53 bits per heavy atom. The fourth-order valence-corrected chi connectivity index (χ4v) is 1.55. The first-order valence-corrected chi connectivity index (χ1v) is 4.62. The van der Waals surface area contributed by atoms with Crippen LogP contribution in [0, 0.1) is 0 Å². The summed E-state index contributed by atoms with van der Waals surface area (Å²) in [6.07, 6.45) is -4.41. The molecule has 0 saturated carbocycles. The SMILES string of the molecule is CC(=O)N[C@@H]1[C@@H](O)[C@@H](O)[C@@H](CO)O[C@H]1N. The van der Waals surface area contributed by atoms with Crippen LogP contribution in [-0.4, -0.2) is 58.4 Å². The van der Waals surface area contributed by atoms with E-state index in [1.54, 1.807) is 0 Å². The van der Waals surface area contributed by atoms with E-state index in [0.717, 1.165) is 0 Å². The lowest BCUT2D eigenvalue weighted by molar-refractivity contribution is -0.193. The van der Waals surface area contributed by atoms with Gasteiger partial charge >= 0.3 is 0 Å². The van der Waals surface area contributed by atoms with Crippen LogP contribution in [0.3, 0.4) is 0 Å². The van der Waals surface area contributed by atoms with Gasteiger partial charge in [0, 0.05) is 6.92 Å². The van der Waals surface area contributed by atoms with E-state index in [-0.39, 0.29) is 5.91 Å². The first kappa shape index (κ1) is 12.3. The molecule has 1 saturated heterocycles. The number of aliphatic hydroxyl groups excluding tert-OH is 3. The quantitative estimate of drug-likeness (QED) is 0.335. The second-order valence-corrected chi connectivity index (χ2v) is 3.53. The number of ether oxygens (including phenoxy) is 1. The Balaban J connectivity index is 2.70. The van der Waals surface area contributed by atoms with Crippen molar-refractivity contribution in [3.05, 3.63) is 0 Å². The number of carbonyl (C=O) groups excluding carboxylic acids is 1. The van der Waals surface area contributed by atoms with Crippen LogP contribution >= 0.6 is 0 Å². The van der Waals surface area contributed by atoms with E-state index in [1.165, 1.54) is 6.92 Å². The number of hydrogen-bond donors (Lipinski definition) is 5. The van der Waals surface area contributed by atoms with Gasteiger partial charge in [-0.15, -0.1) is 0 Å². The Morgan fingerprint density at radius 1 is 1.47 bits per heavy atom. The summed E-state index contributed by atoms with van der Waals surface area (Å²) in [5.74, 6) is -0.382. The van der Waals surface area contributed by atoms with E-state index < -0.39 is 37.2 Å². The van der Waals surface area contributed by atoms with Gasteiger partial charge in [-0.25, -0.2) is 0 Å². The van der Waals surface area contributed by atoms with Crippen LogP contribution < -0.4 is 11.1 Å². The minimum Gasteiger partial charge on any atom is -0.394 e. The molecule has 1 aliphatic heterocycles. The summed E-state index contributed by atoms with van der Waals surface area (Å²) < 4.78 is 5.03. The molecule has 0 bridgehead atoms. The summed E-state index contributed by atoms with van der Waals surface area (Å²) in [6, 6.07) is -0.875. The van der Waals surface area contributed by atoms with Crippen molar-refractivity contribution < 1.29 is 24.9 Å². The largest absolute Gasteiger partial charge is 0.394 e. The average Bonchev–Trinajstić information content (AvgIpc) is 2.18. The van der Waals surface area contributed by atoms with Crippen molar-refractivity contribution in [1.29, 1.82) is 0 Å². The molecule has 0 aliphatic carbocycles. The molecule has 5 atom stereocenters. The molecular weight excluding hydrogens is 204 g/mol. The fraction of sp³-hybridized carbons (Fsp3) is 0.875. The predicted octanol–water partition coefficient (Wildman–Crippen LogP) is -3.11. The smallest absolute Gasteiger partial charge is 0.217 e. The zero-order valence-corrected chi connectivity index (χ0v) is 8.33. The normalized spacial score (nSPS) is 41.3. The zero-order chi connectivity index (χ0) is 11.6. The molecule has 6 N–H and O–H groups in total. The lowest BCUT2D eigenvalue weighted by Crippen LogP contribution is -2.66. The highest BCUT2D eigenvalue weighted by Gasteiger charge is 2.42. The molecule has 0 radical (unpaired) electrons. The van der Waals surface area contributed by atoms with Gasteiger partial charge in [-0.05, 0) is 0 Å². The highest BCUT2D eigenvalue weighted by atomic mass is 16.5. The topological polar surface area (TPSA) is 125 Å². The third-order valence-corrected chi connectivity index (χ3v) is 2.33. The van der Waals surface area contributed by atoms with E-state index >= 15 is 0 Å². The van der Waals surface area contributed by atoms with E-state index in [9.17, 15) is 15.0 Å². The minimum atomic E-state index is -1.27. The van der Waals surface area contributed by atoms with Gasteiger partial charge in [0.25, 0.3) is 0 Å². The van der Waals surface area contributed by atoms with Crippen LogP contribution in [0.5, 0.6) is 0 Å². The van der Waals surface area contributed by atoms with Crippen molar-refractivity contribution in [1.82, 2.24) is 5.32 Å². The standard InChI is InChI=1S/C8H16N2O5/c1-3(12)10-5-7(14)6(13)4(2-11)15-8(5)9/h4-8,11,13-14H,2,9H2,1H3,(H,10,12)/t4-,5-,6+,7-,8-/m1/s1. The van der Waals surface area contributed by atoms with Gasteiger partial charge in [0.2, 0.25) is 5.91 Å². The summed E-state index contributed by atoms with van der Waals surface area (Å²) in [5.41, 5.74) is 5.53. The molecule has 1 aliphatic rings. The van der Waals surface area contributed by atoms with Crippen LogP contribution in [0.25, 0.3) is 0 Å². The van der Waals surface area contributed by atoms with Gasteiger partial charge in [0.05, 0.1) is 12.6 Å². The predicted molar refractivity (Wildman–Crippen MR) is 49.6 cm³/mol. The Labute approximate surface area is 86.8 Å². The monoisotopic (exact) mass is 220 g/mol. The van der Waals surface area contributed by atoms with E-state index in [0.29, 0.717) is 0 Å². The van der Waals surface area contributed by atoms with Crippen molar-refractivity contribution in [3.63, 3.8) is 0 Å². The maximum atomic E-state index is 10.8. The molecule has 1 heterocycles. The van der Waals surface area contributed by atoms with Crippen LogP contribution in [0.4, 0.5) is 0 Å². The highest BCUT2D eigenvalue weighted by molar-refractivity contribution is 5.73. The number of rotatable bonds is 2. The summed E-state index contributed by atoms with van der Waals surface area (Å²) >= 11 is 0. The number of amides is 1. The van der Waals surface area contributed by atoms with Gasteiger partial charge < -0.3 is 31.1 Å². The molecule has 7 heteroatoms. The molecule has 0 spiro atoms. The van der Waals surface area contributed by atoms with E-state index in [2.05, 4.69) is 5.32 Å². The number of hydrogen-bond acceptors (Lipinski definition) is 6. The number of aliphatic hydroxyl groups is 3. The third kappa shape index (κ3) is 2.64. The molecule has 0 unspecified atom stereocenters. The molecule has 1 amide bonds. The zero-order valence-electron chi connectivity index (χ0n) is 8.33. The summed E-state index contributed by atoms with van der Waals surface area (Å²) in [7, 11) is 0. The van der Waals surface area contributed by atoms with Gasteiger partial charge in [-0.3, -0.25) is 4.79 Å². The highest BCUT2D eigenvalue weighted by Crippen LogP contribution is 2.18. The van der Waals surface area contributed by atoms with Gasteiger partial charge in [-0.2, -0.15) is 0 Å². The molecule has 1 rings (SSSR count). The molecule has 0 aromatic rings. The Morgan fingerprint density at radius 2 is 2.07 bits per heavy atom. The Bertz CT molecular complexity index is 237. The lowest BCUT2D eigenvalue weighted by atomic mass is 9.96. The molecule has 15 heavy (non-hydrogen) atoms. The molecular formula is C8H16N2O5. The van der Waals surface area contributed by atoms with Crippen LogP contribution in [-0.2, 0) is 9.53 Å². The number of carbonyl (C=O) groups is 1. The van der Waals surface area contributed by atoms with Crippen LogP contribution in [0.2, 0.25) is 0 Å². The maximum Gasteiger partial charge on any atom is 0.217 e. The van der Waals surface area contributed by atoms with Gasteiger partial charge in [-0.1, -0.05) is 0 Å². The van der Waals surface area contributed by atoms with Crippen molar-refractivity contribution in [2.24, 2.45) is 5.73 Å². The van der Waals surface area contributed by atoms with E-state index in [1.807, 2.05) is 0 Å². The van der Waals surface area contributed by atoms with Gasteiger partial charge in [0.15, 0.2) is 0 Å². The molecule has 0 aromatic carbocycles. The molecule has 0 aromatic heterocycles. The average molecular weight is 220 g/mol. The van der Waals surface area contributed by atoms with Crippen LogP contribution in [0.1, 0.15) is 6.92 Å². The molecule has 7 nitrogen and oxygen atoms in total. The number of nitrogens with one attached hydrogen (secondary N) is 1. The molecule has 88 valence electrons. The van der Waals surface area contributed by atoms with E-state index in [4.69, 9.17) is 15.6 Å². The fourth-order valence-electron chi connectivity index (χ4n) is 1.55. The third-order valence-electron chi connectivity index (χ3n) is 2.33. The van der Waals surface area contributed by atoms with Crippen molar-refractivity contribution in [2.75, 3.05) is 6.61 Å². The lowest BCUT2D eigenvalue weighted by Gasteiger charge is -2.40. The second kappa shape index (κ2) is 4.86. The first-order chi connectivity index (χ1) is 6.97. The minimum absolute atomic E-state index is 0.382. The summed E-state index contributed by atoms with van der Waals surface area (Å²) in [5, 5.41) is 30.3. The molecule has 1 fully saturated rings. The first-order valence-electron chi connectivity index (χ1n) is 4.62. The Kier molecular flexibility index (Phi) is 4.00. The maximum absolute atomic E-state index is 10.8. The second-order valence-electron chi connectivity index (χ2n) is 3.53. The van der Waals surface area contributed by atoms with Crippen LogP contribution in [0.15, 0.2) is 0 Å². The summed E-state index contributed by atoms with van der Waals surface area (Å²) in [4.78, 5) is 10.8. The number of nitrogens with two attached hydrogens (primary N) is 1. The van der Waals surface area contributed by atoms with Crippen molar-refractivity contribution in [3.8, 4) is 0 Å². The summed E-state index contributed by atoms with van der Waals surface area (Å²) in [6.45, 7) is 0.822. The van der Waals surface area contributed by atoms with Gasteiger partial charge in [0.1, 0.15) is 24.5 Å². The van der Waals surface area contributed by atoms with Crippen molar-refractivity contribution >= 4 is 5.91 Å². The van der Waals surface area contributed by atoms with Crippen molar-refractivity contribution in [2.45, 2.75) is 37.5 Å². The Hall–Kier alpha value is -0.730.